The number of likely N-dealkylation sites (tertiary alicyclic amines) is 1. The lowest BCUT2D eigenvalue weighted by Gasteiger charge is -2.42. The molecule has 152 valence electrons. The van der Waals surface area contributed by atoms with Crippen LogP contribution in [0.5, 0.6) is 0 Å². The highest BCUT2D eigenvalue weighted by molar-refractivity contribution is 5.86. The van der Waals surface area contributed by atoms with Crippen LogP contribution in [-0.4, -0.2) is 36.9 Å². The van der Waals surface area contributed by atoms with Crippen LogP contribution in [0.15, 0.2) is 48.5 Å². The van der Waals surface area contributed by atoms with Gasteiger partial charge in [-0.15, -0.1) is 0 Å². The van der Waals surface area contributed by atoms with Crippen molar-refractivity contribution in [2.75, 3.05) is 20.1 Å². The standard InChI is InChI=1S/C25H30N2O2/c1-18-8-10-19(11-9-18)22-7-4-3-6-21(22)16-25(24(29)26-2)14-5-15-27(17-25)23(28)20-12-13-20/h3-4,6-11,20H,5,12-17H2,1-2H3,(H,26,29). The van der Waals surface area contributed by atoms with Crippen LogP contribution in [0.25, 0.3) is 11.1 Å². The molecule has 1 aliphatic carbocycles. The molecule has 0 aromatic heterocycles. The fourth-order valence-electron chi connectivity index (χ4n) is 4.64. The van der Waals surface area contributed by atoms with Crippen molar-refractivity contribution in [3.63, 3.8) is 0 Å². The first-order chi connectivity index (χ1) is 14.0. The molecule has 2 aromatic carbocycles. The van der Waals surface area contributed by atoms with Crippen molar-refractivity contribution in [1.29, 1.82) is 0 Å². The topological polar surface area (TPSA) is 49.4 Å². The number of carbonyl (C=O) groups is 2. The van der Waals surface area contributed by atoms with E-state index in [4.69, 9.17) is 0 Å². The minimum atomic E-state index is -0.571. The van der Waals surface area contributed by atoms with Crippen LogP contribution in [0, 0.1) is 18.3 Å². The summed E-state index contributed by atoms with van der Waals surface area (Å²) in [6.07, 6.45) is 4.32. The predicted molar refractivity (Wildman–Crippen MR) is 115 cm³/mol. The summed E-state index contributed by atoms with van der Waals surface area (Å²) in [5.74, 6) is 0.477. The maximum Gasteiger partial charge on any atom is 0.228 e. The quantitative estimate of drug-likeness (QED) is 0.840. The van der Waals surface area contributed by atoms with E-state index in [-0.39, 0.29) is 17.7 Å². The molecule has 1 atom stereocenters. The highest BCUT2D eigenvalue weighted by Gasteiger charge is 2.45. The van der Waals surface area contributed by atoms with Crippen LogP contribution in [0.1, 0.15) is 36.8 Å². The normalized spacial score (nSPS) is 21.7. The fraction of sp³-hybridized carbons (Fsp3) is 0.440. The molecule has 2 aliphatic rings. The number of hydrogen-bond acceptors (Lipinski definition) is 2. The van der Waals surface area contributed by atoms with Gasteiger partial charge in [0.05, 0.1) is 5.41 Å². The molecule has 0 bridgehead atoms. The lowest BCUT2D eigenvalue weighted by molar-refractivity contribution is -0.142. The van der Waals surface area contributed by atoms with Crippen molar-refractivity contribution in [3.05, 3.63) is 59.7 Å². The van der Waals surface area contributed by atoms with Gasteiger partial charge >= 0.3 is 0 Å². The Morgan fingerprint density at radius 3 is 2.52 bits per heavy atom. The van der Waals surface area contributed by atoms with E-state index in [0.717, 1.165) is 32.2 Å². The molecular formula is C25H30N2O2. The van der Waals surface area contributed by atoms with Crippen LogP contribution < -0.4 is 5.32 Å². The molecular weight excluding hydrogens is 360 g/mol. The first-order valence-corrected chi connectivity index (χ1v) is 10.7. The van der Waals surface area contributed by atoms with Gasteiger partial charge in [0.2, 0.25) is 11.8 Å². The van der Waals surface area contributed by atoms with Gasteiger partial charge in [-0.3, -0.25) is 9.59 Å². The summed E-state index contributed by atoms with van der Waals surface area (Å²) >= 11 is 0. The Balaban J connectivity index is 1.66. The molecule has 1 heterocycles. The van der Waals surface area contributed by atoms with E-state index in [2.05, 4.69) is 54.7 Å². The third kappa shape index (κ3) is 4.07. The number of benzene rings is 2. The van der Waals surface area contributed by atoms with E-state index in [1.807, 2.05) is 11.0 Å². The second-order valence-corrected chi connectivity index (χ2v) is 8.70. The molecule has 2 fully saturated rings. The smallest absolute Gasteiger partial charge is 0.228 e. The largest absolute Gasteiger partial charge is 0.359 e. The van der Waals surface area contributed by atoms with Crippen molar-refractivity contribution in [1.82, 2.24) is 10.2 Å². The number of nitrogens with one attached hydrogen (secondary N) is 1. The predicted octanol–water partition coefficient (Wildman–Crippen LogP) is 3.97. The monoisotopic (exact) mass is 390 g/mol. The zero-order valence-electron chi connectivity index (χ0n) is 17.4. The van der Waals surface area contributed by atoms with Gasteiger partial charge in [-0.25, -0.2) is 0 Å². The van der Waals surface area contributed by atoms with Gasteiger partial charge in [0.1, 0.15) is 0 Å². The molecule has 4 heteroatoms. The first kappa shape index (κ1) is 19.7. The van der Waals surface area contributed by atoms with Crippen LogP contribution in [0.2, 0.25) is 0 Å². The Morgan fingerprint density at radius 1 is 1.10 bits per heavy atom. The second kappa shape index (κ2) is 8.02. The van der Waals surface area contributed by atoms with Gasteiger partial charge < -0.3 is 10.2 Å². The molecule has 1 aliphatic heterocycles. The summed E-state index contributed by atoms with van der Waals surface area (Å²) in [4.78, 5) is 27.8. The van der Waals surface area contributed by atoms with Gasteiger partial charge in [0, 0.05) is 26.1 Å². The van der Waals surface area contributed by atoms with E-state index < -0.39 is 5.41 Å². The molecule has 1 N–H and O–H groups in total. The Morgan fingerprint density at radius 2 is 1.83 bits per heavy atom. The number of carbonyl (C=O) groups excluding carboxylic acids is 2. The summed E-state index contributed by atoms with van der Waals surface area (Å²) in [5, 5.41) is 2.89. The molecule has 0 spiro atoms. The number of aryl methyl sites for hydroxylation is 1. The highest BCUT2D eigenvalue weighted by atomic mass is 16.2. The van der Waals surface area contributed by atoms with Crippen molar-refractivity contribution in [2.24, 2.45) is 11.3 Å². The number of hydrogen-bond donors (Lipinski definition) is 1. The summed E-state index contributed by atoms with van der Waals surface area (Å²) in [7, 11) is 1.71. The van der Waals surface area contributed by atoms with Crippen molar-refractivity contribution < 1.29 is 9.59 Å². The van der Waals surface area contributed by atoms with Gasteiger partial charge in [-0.2, -0.15) is 0 Å². The summed E-state index contributed by atoms with van der Waals surface area (Å²) < 4.78 is 0. The van der Waals surface area contributed by atoms with Crippen molar-refractivity contribution in [2.45, 2.75) is 39.0 Å². The molecule has 1 unspecified atom stereocenters. The summed E-state index contributed by atoms with van der Waals surface area (Å²) in [6, 6.07) is 16.9. The maximum atomic E-state index is 13.1. The summed E-state index contributed by atoms with van der Waals surface area (Å²) in [6.45, 7) is 3.38. The highest BCUT2D eigenvalue weighted by Crippen LogP contribution is 2.39. The molecule has 2 aromatic rings. The Labute approximate surface area is 173 Å². The fourth-order valence-corrected chi connectivity index (χ4v) is 4.64. The SMILES string of the molecule is CNC(=O)C1(Cc2ccccc2-c2ccc(C)cc2)CCCN(C(=O)C2CC2)C1. The van der Waals surface area contributed by atoms with Crippen LogP contribution in [0.3, 0.4) is 0 Å². The van der Waals surface area contributed by atoms with Gasteiger partial charge in [0.15, 0.2) is 0 Å². The zero-order chi connectivity index (χ0) is 20.4. The molecule has 1 saturated carbocycles. The van der Waals surface area contributed by atoms with E-state index >= 15 is 0 Å². The lowest BCUT2D eigenvalue weighted by Crippen LogP contribution is -2.54. The minimum absolute atomic E-state index is 0.0458. The lowest BCUT2D eigenvalue weighted by atomic mass is 9.73. The van der Waals surface area contributed by atoms with Crippen molar-refractivity contribution >= 4 is 11.8 Å². The maximum absolute atomic E-state index is 13.1. The number of nitrogens with zero attached hydrogens (tertiary/aromatic N) is 1. The molecule has 4 nitrogen and oxygen atoms in total. The average molecular weight is 391 g/mol. The average Bonchev–Trinajstić information content (AvgIpc) is 3.59. The molecule has 4 rings (SSSR count). The van der Waals surface area contributed by atoms with Crippen molar-refractivity contribution in [3.8, 4) is 11.1 Å². The second-order valence-electron chi connectivity index (χ2n) is 8.70. The Hall–Kier alpha value is -2.62. The first-order valence-electron chi connectivity index (χ1n) is 10.7. The van der Waals surface area contributed by atoms with Gasteiger partial charge in [-0.05, 0) is 55.7 Å². The number of amides is 2. The van der Waals surface area contributed by atoms with Crippen LogP contribution in [-0.2, 0) is 16.0 Å². The van der Waals surface area contributed by atoms with E-state index in [0.29, 0.717) is 13.0 Å². The van der Waals surface area contributed by atoms with E-state index in [1.54, 1.807) is 7.05 Å². The van der Waals surface area contributed by atoms with E-state index in [9.17, 15) is 9.59 Å². The minimum Gasteiger partial charge on any atom is -0.359 e. The third-order valence-corrected chi connectivity index (χ3v) is 6.43. The molecule has 2 amide bonds. The third-order valence-electron chi connectivity index (χ3n) is 6.43. The van der Waals surface area contributed by atoms with Gasteiger partial charge in [0.25, 0.3) is 0 Å². The van der Waals surface area contributed by atoms with Crippen LogP contribution >= 0.6 is 0 Å². The Kier molecular flexibility index (Phi) is 5.44. The number of piperidine rings is 1. The van der Waals surface area contributed by atoms with Gasteiger partial charge in [-0.1, -0.05) is 54.1 Å². The summed E-state index contributed by atoms with van der Waals surface area (Å²) in [5.41, 5.74) is 4.16. The molecule has 0 radical (unpaired) electrons. The van der Waals surface area contributed by atoms with E-state index in [1.165, 1.54) is 22.3 Å². The van der Waals surface area contributed by atoms with Crippen LogP contribution in [0.4, 0.5) is 0 Å². The molecule has 29 heavy (non-hydrogen) atoms. The molecule has 1 saturated heterocycles. The number of rotatable bonds is 5. The zero-order valence-corrected chi connectivity index (χ0v) is 17.4. The Bertz CT molecular complexity index is 901.